The zero-order chi connectivity index (χ0) is 15.6. The van der Waals surface area contributed by atoms with Crippen LogP contribution < -0.4 is 5.32 Å². The average Bonchev–Trinajstić information content (AvgIpc) is 2.93. The molecule has 22 heavy (non-hydrogen) atoms. The van der Waals surface area contributed by atoms with E-state index in [0.29, 0.717) is 24.8 Å². The molecule has 0 unspecified atom stereocenters. The second kappa shape index (κ2) is 6.54. The first-order chi connectivity index (χ1) is 10.6. The fraction of sp³-hybridized carbons (Fsp3) is 0.562. The van der Waals surface area contributed by atoms with Gasteiger partial charge in [0.05, 0.1) is 19.8 Å². The fourth-order valence-electron chi connectivity index (χ4n) is 3.00. The Morgan fingerprint density at radius 2 is 2.00 bits per heavy atom. The van der Waals surface area contributed by atoms with Crippen molar-refractivity contribution >= 4 is 23.2 Å². The Morgan fingerprint density at radius 3 is 2.64 bits per heavy atom. The van der Waals surface area contributed by atoms with Crippen LogP contribution in [0.4, 0.5) is 5.69 Å². The van der Waals surface area contributed by atoms with Gasteiger partial charge in [0.2, 0.25) is 5.91 Å². The number of rotatable bonds is 3. The van der Waals surface area contributed by atoms with Crippen LogP contribution in [0.3, 0.4) is 0 Å². The lowest BCUT2D eigenvalue weighted by Crippen LogP contribution is -2.47. The van der Waals surface area contributed by atoms with Gasteiger partial charge in [0.1, 0.15) is 0 Å². The molecule has 0 radical (unpaired) electrons. The van der Waals surface area contributed by atoms with Gasteiger partial charge in [0.15, 0.2) is 5.79 Å². The molecule has 2 aliphatic heterocycles. The fourth-order valence-corrected chi connectivity index (χ4v) is 3.22. The van der Waals surface area contributed by atoms with Crippen LogP contribution >= 0.6 is 11.6 Å². The monoisotopic (exact) mass is 324 g/mol. The SMILES string of the molecule is Cc1cc(Cl)ccc1NC(=O)CN1CCC2(CC1)OCCO2. The van der Waals surface area contributed by atoms with Crippen molar-refractivity contribution in [1.82, 2.24) is 4.90 Å². The van der Waals surface area contributed by atoms with E-state index in [0.717, 1.165) is 37.2 Å². The van der Waals surface area contributed by atoms with Crippen molar-refractivity contribution < 1.29 is 14.3 Å². The highest BCUT2D eigenvalue weighted by molar-refractivity contribution is 6.30. The highest BCUT2D eigenvalue weighted by Gasteiger charge is 2.39. The molecule has 5 nitrogen and oxygen atoms in total. The molecule has 0 atom stereocenters. The summed E-state index contributed by atoms with van der Waals surface area (Å²) in [7, 11) is 0. The maximum atomic E-state index is 12.2. The number of nitrogens with one attached hydrogen (secondary N) is 1. The smallest absolute Gasteiger partial charge is 0.238 e. The minimum Gasteiger partial charge on any atom is -0.347 e. The molecule has 0 aliphatic carbocycles. The van der Waals surface area contributed by atoms with Crippen molar-refractivity contribution in [2.24, 2.45) is 0 Å². The number of likely N-dealkylation sites (tertiary alicyclic amines) is 1. The first-order valence-corrected chi connectivity index (χ1v) is 8.00. The Hall–Kier alpha value is -1.14. The van der Waals surface area contributed by atoms with E-state index in [9.17, 15) is 4.79 Å². The van der Waals surface area contributed by atoms with Gasteiger partial charge in [0, 0.05) is 36.6 Å². The van der Waals surface area contributed by atoms with Crippen molar-refractivity contribution in [3.05, 3.63) is 28.8 Å². The predicted molar refractivity (Wildman–Crippen MR) is 85.1 cm³/mol. The van der Waals surface area contributed by atoms with Crippen LogP contribution in [0.5, 0.6) is 0 Å². The van der Waals surface area contributed by atoms with Crippen molar-refractivity contribution in [1.29, 1.82) is 0 Å². The maximum Gasteiger partial charge on any atom is 0.238 e. The topological polar surface area (TPSA) is 50.8 Å². The molecule has 2 heterocycles. The van der Waals surface area contributed by atoms with E-state index in [1.807, 2.05) is 19.1 Å². The van der Waals surface area contributed by atoms with Gasteiger partial charge >= 0.3 is 0 Å². The number of carbonyl (C=O) groups excluding carboxylic acids is 1. The number of nitrogens with zero attached hydrogens (tertiary/aromatic N) is 1. The van der Waals surface area contributed by atoms with Crippen LogP contribution in [0.2, 0.25) is 5.02 Å². The van der Waals surface area contributed by atoms with Crippen LogP contribution in [0.1, 0.15) is 18.4 Å². The Morgan fingerprint density at radius 1 is 1.32 bits per heavy atom. The molecular formula is C16H21ClN2O3. The third-order valence-corrected chi connectivity index (χ3v) is 4.50. The van der Waals surface area contributed by atoms with E-state index in [1.54, 1.807) is 6.07 Å². The molecule has 0 saturated carbocycles. The van der Waals surface area contributed by atoms with Crippen LogP contribution in [0.25, 0.3) is 0 Å². The molecule has 1 amide bonds. The Bertz CT molecular complexity index is 548. The molecule has 2 saturated heterocycles. The highest BCUT2D eigenvalue weighted by Crippen LogP contribution is 2.31. The Kier molecular flexibility index (Phi) is 4.68. The number of halogens is 1. The van der Waals surface area contributed by atoms with Crippen LogP contribution in [0.15, 0.2) is 18.2 Å². The van der Waals surface area contributed by atoms with E-state index in [2.05, 4.69) is 10.2 Å². The van der Waals surface area contributed by atoms with Gasteiger partial charge in [-0.1, -0.05) is 11.6 Å². The number of hydrogen-bond acceptors (Lipinski definition) is 4. The van der Waals surface area contributed by atoms with E-state index in [1.165, 1.54) is 0 Å². The molecule has 6 heteroatoms. The summed E-state index contributed by atoms with van der Waals surface area (Å²) in [6, 6.07) is 5.46. The quantitative estimate of drug-likeness (QED) is 0.927. The van der Waals surface area contributed by atoms with Crippen LogP contribution in [-0.4, -0.2) is 49.4 Å². The second-order valence-corrected chi connectivity index (χ2v) is 6.33. The Labute approximate surface area is 135 Å². The molecule has 120 valence electrons. The van der Waals surface area contributed by atoms with Gasteiger partial charge in [-0.2, -0.15) is 0 Å². The molecule has 1 aromatic carbocycles. The van der Waals surface area contributed by atoms with E-state index in [-0.39, 0.29) is 11.7 Å². The van der Waals surface area contributed by atoms with Crippen molar-refractivity contribution in [3.63, 3.8) is 0 Å². The third-order valence-electron chi connectivity index (χ3n) is 4.26. The van der Waals surface area contributed by atoms with Gasteiger partial charge in [-0.05, 0) is 30.7 Å². The zero-order valence-corrected chi connectivity index (χ0v) is 13.5. The van der Waals surface area contributed by atoms with Crippen LogP contribution in [0, 0.1) is 6.92 Å². The average molecular weight is 325 g/mol. The van der Waals surface area contributed by atoms with E-state index < -0.39 is 0 Å². The minimum absolute atomic E-state index is 0.00497. The number of carbonyl (C=O) groups is 1. The number of aryl methyl sites for hydroxylation is 1. The molecular weight excluding hydrogens is 304 g/mol. The molecule has 1 N–H and O–H groups in total. The molecule has 2 aliphatic rings. The summed E-state index contributed by atoms with van der Waals surface area (Å²) in [5.74, 6) is -0.394. The molecule has 1 spiro atoms. The number of hydrogen-bond donors (Lipinski definition) is 1. The first-order valence-electron chi connectivity index (χ1n) is 7.63. The van der Waals surface area contributed by atoms with Crippen molar-refractivity contribution in [3.8, 4) is 0 Å². The number of benzene rings is 1. The number of piperidine rings is 1. The summed E-state index contributed by atoms with van der Waals surface area (Å²) in [6.07, 6.45) is 1.64. The number of anilines is 1. The minimum atomic E-state index is -0.389. The summed E-state index contributed by atoms with van der Waals surface area (Å²) in [4.78, 5) is 14.3. The molecule has 2 fully saturated rings. The normalized spacial score (nSPS) is 21.2. The van der Waals surface area contributed by atoms with E-state index in [4.69, 9.17) is 21.1 Å². The summed E-state index contributed by atoms with van der Waals surface area (Å²) < 4.78 is 11.4. The predicted octanol–water partition coefficient (Wildman–Crippen LogP) is 2.43. The zero-order valence-electron chi connectivity index (χ0n) is 12.7. The van der Waals surface area contributed by atoms with Gasteiger partial charge < -0.3 is 14.8 Å². The van der Waals surface area contributed by atoms with Gasteiger partial charge in [-0.3, -0.25) is 9.69 Å². The molecule has 1 aromatic rings. The number of amides is 1. The molecule has 3 rings (SSSR count). The largest absolute Gasteiger partial charge is 0.347 e. The lowest BCUT2D eigenvalue weighted by atomic mass is 10.0. The Balaban J connectivity index is 1.50. The summed E-state index contributed by atoms with van der Waals surface area (Å²) >= 11 is 5.92. The lowest BCUT2D eigenvalue weighted by molar-refractivity contribution is -0.185. The summed E-state index contributed by atoms with van der Waals surface area (Å²) in [6.45, 7) is 5.30. The standard InChI is InChI=1S/C16H21ClN2O3/c1-12-10-13(17)2-3-14(12)18-15(20)11-19-6-4-16(5-7-19)21-8-9-22-16/h2-3,10H,4-9,11H2,1H3,(H,18,20). The van der Waals surface area contributed by atoms with Crippen LogP contribution in [-0.2, 0) is 14.3 Å². The third kappa shape index (κ3) is 3.60. The summed E-state index contributed by atoms with van der Waals surface area (Å²) in [5.41, 5.74) is 1.77. The second-order valence-electron chi connectivity index (χ2n) is 5.89. The maximum absolute atomic E-state index is 12.2. The molecule has 0 bridgehead atoms. The highest BCUT2D eigenvalue weighted by atomic mass is 35.5. The van der Waals surface area contributed by atoms with Crippen molar-refractivity contribution in [2.45, 2.75) is 25.6 Å². The first kappa shape index (κ1) is 15.7. The van der Waals surface area contributed by atoms with Gasteiger partial charge in [-0.15, -0.1) is 0 Å². The van der Waals surface area contributed by atoms with Crippen molar-refractivity contribution in [2.75, 3.05) is 38.2 Å². The van der Waals surface area contributed by atoms with E-state index >= 15 is 0 Å². The summed E-state index contributed by atoms with van der Waals surface area (Å²) in [5, 5.41) is 3.62. The van der Waals surface area contributed by atoms with Gasteiger partial charge in [-0.25, -0.2) is 0 Å². The number of ether oxygens (including phenoxy) is 2. The lowest BCUT2D eigenvalue weighted by Gasteiger charge is -2.37. The van der Waals surface area contributed by atoms with Gasteiger partial charge in [0.25, 0.3) is 0 Å². The molecule has 0 aromatic heterocycles.